The van der Waals surface area contributed by atoms with Crippen molar-refractivity contribution >= 4 is 68.6 Å². The van der Waals surface area contributed by atoms with E-state index in [0.29, 0.717) is 34.5 Å². The van der Waals surface area contributed by atoms with Gasteiger partial charge >= 0.3 is 0 Å². The van der Waals surface area contributed by atoms with Crippen molar-refractivity contribution in [2.75, 3.05) is 0 Å². The number of benzene rings is 4. The number of fused-ring (bicyclic) bond motifs is 6. The molecule has 0 amide bonds. The lowest BCUT2D eigenvalue weighted by Crippen LogP contribution is -2.32. The molecule has 42 heavy (non-hydrogen) atoms. The maximum absolute atomic E-state index is 2.52. The second-order valence-corrected chi connectivity index (χ2v) is 19.3. The molecule has 2 heterocycles. The molecule has 0 radical (unpaired) electrons. The number of rotatable bonds is 0. The average molecular weight is 617 g/mol. The van der Waals surface area contributed by atoms with Gasteiger partial charge in [0.15, 0.2) is 0 Å². The average Bonchev–Trinajstić information content (AvgIpc) is 3.55. The highest BCUT2D eigenvalue weighted by Gasteiger charge is 2.43. The van der Waals surface area contributed by atoms with E-state index < -0.39 is 0 Å². The van der Waals surface area contributed by atoms with Gasteiger partial charge in [-0.3, -0.25) is 0 Å². The van der Waals surface area contributed by atoms with Gasteiger partial charge in [0.25, 0.3) is 0 Å². The number of hydrogen-bond donors (Lipinski definition) is 0. The van der Waals surface area contributed by atoms with Crippen LogP contribution >= 0.6 is 47.0 Å². The molecule has 0 fully saturated rings. The van der Waals surface area contributed by atoms with Gasteiger partial charge in [-0.2, -0.15) is 0 Å². The summed E-state index contributed by atoms with van der Waals surface area (Å²) in [6.07, 6.45) is 12.4. The van der Waals surface area contributed by atoms with Gasteiger partial charge in [-0.05, 0) is 91.7 Å². The van der Waals surface area contributed by atoms with Gasteiger partial charge in [-0.1, -0.05) is 123 Å². The normalized spacial score (nSPS) is 30.2. The van der Waals surface area contributed by atoms with Crippen LogP contribution in [0.4, 0.5) is 0 Å². The summed E-state index contributed by atoms with van der Waals surface area (Å²) in [4.78, 5) is 5.69. The Morgan fingerprint density at radius 1 is 0.452 bits per heavy atom. The van der Waals surface area contributed by atoms with E-state index in [4.69, 9.17) is 0 Å². The molecular formula is C38H32S4. The van der Waals surface area contributed by atoms with E-state index >= 15 is 0 Å². The molecule has 4 bridgehead atoms. The topological polar surface area (TPSA) is 0 Å². The molecular weight excluding hydrogens is 585 g/mol. The lowest BCUT2D eigenvalue weighted by Gasteiger charge is -2.46. The Morgan fingerprint density at radius 3 is 1.12 bits per heavy atom. The lowest BCUT2D eigenvalue weighted by molar-refractivity contribution is 0.251. The number of thioether (sulfide) groups is 4. The first-order valence-electron chi connectivity index (χ1n) is 15.3. The summed E-state index contributed by atoms with van der Waals surface area (Å²) in [6.45, 7) is 9.79. The van der Waals surface area contributed by atoms with Gasteiger partial charge < -0.3 is 0 Å². The highest BCUT2D eigenvalue weighted by molar-refractivity contribution is 8.30. The smallest absolute Gasteiger partial charge is 0.0706 e. The van der Waals surface area contributed by atoms with E-state index in [1.807, 2.05) is 47.0 Å². The predicted molar refractivity (Wildman–Crippen MR) is 184 cm³/mol. The van der Waals surface area contributed by atoms with Crippen LogP contribution in [-0.2, 0) is 0 Å². The van der Waals surface area contributed by atoms with E-state index in [-0.39, 0.29) is 0 Å². The van der Waals surface area contributed by atoms with Gasteiger partial charge in [-0.15, -0.1) is 0 Å². The third kappa shape index (κ3) is 3.50. The van der Waals surface area contributed by atoms with Crippen LogP contribution in [0.2, 0.25) is 0 Å². The zero-order valence-electron chi connectivity index (χ0n) is 24.3. The van der Waals surface area contributed by atoms with Crippen LogP contribution in [0.1, 0.15) is 86.5 Å². The first kappa shape index (κ1) is 25.4. The molecule has 0 nitrogen and oxygen atoms in total. The summed E-state index contributed by atoms with van der Waals surface area (Å²) in [7, 11) is 0. The fourth-order valence-corrected chi connectivity index (χ4v) is 14.2. The van der Waals surface area contributed by atoms with Crippen LogP contribution in [0.5, 0.6) is 0 Å². The fraction of sp³-hybridized carbons (Fsp3) is 0.316. The minimum Gasteiger partial charge on any atom is -0.0803 e. The van der Waals surface area contributed by atoms with E-state index in [0.717, 1.165) is 0 Å². The molecule has 0 spiro atoms. The van der Waals surface area contributed by atoms with Crippen LogP contribution in [0.3, 0.4) is 0 Å². The zero-order chi connectivity index (χ0) is 28.1. The molecule has 0 N–H and O–H groups in total. The van der Waals surface area contributed by atoms with Crippen molar-refractivity contribution in [1.29, 1.82) is 0 Å². The predicted octanol–water partition coefficient (Wildman–Crippen LogP) is 12.5. The molecule has 4 atom stereocenters. The Bertz CT molecular complexity index is 1880. The zero-order valence-corrected chi connectivity index (χ0v) is 27.6. The number of hydrogen-bond acceptors (Lipinski definition) is 4. The highest BCUT2D eigenvalue weighted by atomic mass is 32.2. The molecule has 6 aliphatic carbocycles. The van der Waals surface area contributed by atoms with Crippen molar-refractivity contribution in [3.05, 3.63) is 104 Å². The molecule has 12 rings (SSSR count). The minimum absolute atomic E-state index is 0.349. The molecule has 4 heteroatoms. The lowest BCUT2D eigenvalue weighted by atomic mass is 9.58. The minimum atomic E-state index is 0.349. The van der Waals surface area contributed by atoms with Gasteiger partial charge in [0.1, 0.15) is 0 Å². The summed E-state index contributed by atoms with van der Waals surface area (Å²) < 4.78 is 2.90. The van der Waals surface area contributed by atoms with E-state index in [2.05, 4.69) is 101 Å². The monoisotopic (exact) mass is 616 g/mol. The van der Waals surface area contributed by atoms with Crippen molar-refractivity contribution in [3.63, 3.8) is 0 Å². The van der Waals surface area contributed by atoms with Gasteiger partial charge in [-0.25, -0.2) is 0 Å². The summed E-state index contributed by atoms with van der Waals surface area (Å²) in [6, 6.07) is 19.9. The first-order valence-corrected chi connectivity index (χ1v) is 18.5. The Hall–Kier alpha value is -1.98. The summed E-state index contributed by atoms with van der Waals surface area (Å²) in [5.41, 5.74) is 6.98. The first-order chi connectivity index (χ1) is 20.2. The van der Waals surface area contributed by atoms with Crippen molar-refractivity contribution < 1.29 is 0 Å². The van der Waals surface area contributed by atoms with Gasteiger partial charge in [0.2, 0.25) is 0 Å². The maximum Gasteiger partial charge on any atom is 0.0706 e. The summed E-state index contributed by atoms with van der Waals surface area (Å²) in [5.74, 6) is 2.22. The van der Waals surface area contributed by atoms with Crippen molar-refractivity contribution in [2.24, 2.45) is 10.8 Å². The number of allylic oxidation sites excluding steroid dienone is 4. The molecule has 0 saturated carbocycles. The molecule has 4 unspecified atom stereocenters. The quantitative estimate of drug-likeness (QED) is 0.180. The largest absolute Gasteiger partial charge is 0.0803 e. The van der Waals surface area contributed by atoms with Crippen LogP contribution in [0.25, 0.3) is 21.5 Å². The van der Waals surface area contributed by atoms with Crippen LogP contribution < -0.4 is 0 Å². The van der Waals surface area contributed by atoms with Crippen LogP contribution in [0, 0.1) is 10.8 Å². The van der Waals surface area contributed by atoms with Gasteiger partial charge in [0, 0.05) is 43.3 Å². The van der Waals surface area contributed by atoms with Crippen molar-refractivity contribution in [2.45, 2.75) is 83.8 Å². The Morgan fingerprint density at radius 2 is 0.786 bits per heavy atom. The van der Waals surface area contributed by atoms with Crippen molar-refractivity contribution in [1.82, 2.24) is 0 Å². The second kappa shape index (κ2) is 8.38. The van der Waals surface area contributed by atoms with Crippen LogP contribution in [-0.4, -0.2) is 0 Å². The maximum atomic E-state index is 2.52. The fourth-order valence-electron chi connectivity index (χ4n) is 8.81. The second-order valence-electron chi connectivity index (χ2n) is 14.6. The molecule has 0 aromatic heterocycles. The molecule has 4 aromatic carbocycles. The van der Waals surface area contributed by atoms with Crippen molar-refractivity contribution in [3.8, 4) is 0 Å². The van der Waals surface area contributed by atoms with Crippen LogP contribution in [0.15, 0.2) is 101 Å². The highest BCUT2D eigenvalue weighted by Crippen LogP contribution is 2.63. The molecule has 0 saturated heterocycles. The van der Waals surface area contributed by atoms with E-state index in [1.54, 1.807) is 22.3 Å². The van der Waals surface area contributed by atoms with E-state index in [1.165, 1.54) is 62.4 Å². The molecule has 208 valence electrons. The summed E-state index contributed by atoms with van der Waals surface area (Å²) in [5, 5.41) is 5.62. The molecule has 4 aromatic rings. The third-order valence-corrected chi connectivity index (χ3v) is 16.5. The van der Waals surface area contributed by atoms with Gasteiger partial charge in [0.05, 0.1) is 8.47 Å². The molecule has 8 aliphatic rings. The third-order valence-electron chi connectivity index (χ3n) is 10.9. The van der Waals surface area contributed by atoms with E-state index in [9.17, 15) is 0 Å². The Kier molecular flexibility index (Phi) is 5.06. The SMILES string of the molecule is CC1(C)CC2C=CC1c1cc3cc4c(cc3cc12)SC(=C1Sc2cc3cc5c(cc3cc2S1)C1C=CC5CC1(C)C)S4. The summed E-state index contributed by atoms with van der Waals surface area (Å²) >= 11 is 7.93. The Labute approximate surface area is 265 Å². The standard InChI is InChI=1S/C38H32S4/c1-37(2)17-19-5-7-29(37)27-11-23-15-33-31(13-21(23)9-25(19)27)39-35(41-33)36-40-32-14-22-10-26-20-6-8-30(38(3,4)18-20)28(26)12-24(22)16-34(32)42-36/h5-16,19-20,29-30H,17-18H2,1-4H3. The Balaban J connectivity index is 0.994. The molecule has 2 aliphatic heterocycles.